The molecule has 5 atom stereocenters. The second kappa shape index (κ2) is 12.2. The predicted octanol–water partition coefficient (Wildman–Crippen LogP) is 4.15. The molecule has 0 aromatic heterocycles. The van der Waals surface area contributed by atoms with Gasteiger partial charge < -0.3 is 16.4 Å². The summed E-state index contributed by atoms with van der Waals surface area (Å²) >= 11 is 0. The van der Waals surface area contributed by atoms with Gasteiger partial charge in [-0.2, -0.15) is 0 Å². The number of halogens is 4. The number of hydrogen-bond acceptors (Lipinski definition) is 0. The molecule has 3 rings (SSSR count). The molecule has 166 valence electrons. The Hall–Kier alpha value is -0.400. The van der Waals surface area contributed by atoms with Crippen LogP contribution in [-0.4, -0.2) is 41.1 Å². The fourth-order valence-electron chi connectivity index (χ4n) is 5.40. The average molecular weight is 405 g/mol. The second-order valence-electron chi connectivity index (χ2n) is 8.48. The Morgan fingerprint density at radius 3 is 1.48 bits per heavy atom. The Kier molecular flexibility index (Phi) is 13.0. The molecule has 0 spiro atoms. The van der Waals surface area contributed by atoms with Gasteiger partial charge in [0.05, 0.1) is 0 Å². The van der Waals surface area contributed by atoms with Crippen LogP contribution in [0.5, 0.6) is 0 Å². The van der Waals surface area contributed by atoms with Crippen LogP contribution in [0.25, 0.3) is 0 Å². The van der Waals surface area contributed by atoms with E-state index in [1.54, 1.807) is 0 Å². The molecule has 0 bridgehead atoms. The van der Waals surface area contributed by atoms with Gasteiger partial charge in [-0.3, -0.25) is 0 Å². The Bertz CT molecular complexity index is 381. The predicted molar refractivity (Wildman–Crippen MR) is 102 cm³/mol. The standard InChI is InChI=1S/C19H30F4.CH4.3H2O/c1-11-2-4-12(5-3-11)13-6-7-15(16(20)8-13)14-9-17(21)19(23)18(22)10-14;;;;/h11-19H,2-10H2,1H3;1H4;3*1H2. The molecule has 0 aliphatic heterocycles. The summed E-state index contributed by atoms with van der Waals surface area (Å²) in [5.74, 6) is 1.28. The fourth-order valence-corrected chi connectivity index (χ4v) is 5.40. The van der Waals surface area contributed by atoms with Gasteiger partial charge in [0, 0.05) is 0 Å². The van der Waals surface area contributed by atoms with Crippen molar-refractivity contribution in [2.45, 2.75) is 96.8 Å². The van der Waals surface area contributed by atoms with Crippen LogP contribution in [-0.2, 0) is 0 Å². The molecule has 3 fully saturated rings. The highest BCUT2D eigenvalue weighted by molar-refractivity contribution is 4.94. The average Bonchev–Trinajstić information content (AvgIpc) is 2.53. The SMILES string of the molecule is C.CC1CCC(C2CCC(C3CC(F)C(F)C(F)C3)C(F)C2)CC1.O.O.O. The Morgan fingerprint density at radius 1 is 0.556 bits per heavy atom. The molecule has 7 heteroatoms. The Balaban J connectivity index is 0. The molecular formula is C20H40F4O3. The monoisotopic (exact) mass is 404 g/mol. The Labute approximate surface area is 161 Å². The largest absolute Gasteiger partial charge is 0.412 e. The van der Waals surface area contributed by atoms with Crippen LogP contribution >= 0.6 is 0 Å². The molecule has 3 saturated carbocycles. The lowest BCUT2D eigenvalue weighted by Gasteiger charge is -2.43. The van der Waals surface area contributed by atoms with E-state index in [-0.39, 0.29) is 48.5 Å². The van der Waals surface area contributed by atoms with Gasteiger partial charge in [-0.1, -0.05) is 27.2 Å². The molecule has 0 radical (unpaired) electrons. The molecule has 3 aliphatic carbocycles. The highest BCUT2D eigenvalue weighted by atomic mass is 19.2. The zero-order valence-corrected chi connectivity index (χ0v) is 15.6. The molecule has 0 saturated heterocycles. The van der Waals surface area contributed by atoms with Crippen LogP contribution in [0.2, 0.25) is 0 Å². The lowest BCUT2D eigenvalue weighted by molar-refractivity contribution is -0.0285. The van der Waals surface area contributed by atoms with Crippen molar-refractivity contribution in [1.82, 2.24) is 0 Å². The molecule has 27 heavy (non-hydrogen) atoms. The van der Waals surface area contributed by atoms with Gasteiger partial charge in [-0.15, -0.1) is 0 Å². The maximum Gasteiger partial charge on any atom is 0.162 e. The van der Waals surface area contributed by atoms with E-state index in [0.717, 1.165) is 18.8 Å². The maximum absolute atomic E-state index is 14.7. The molecule has 0 heterocycles. The summed E-state index contributed by atoms with van der Waals surface area (Å²) in [4.78, 5) is 0. The smallest absolute Gasteiger partial charge is 0.162 e. The van der Waals surface area contributed by atoms with Crippen molar-refractivity contribution in [2.75, 3.05) is 0 Å². The van der Waals surface area contributed by atoms with Crippen LogP contribution < -0.4 is 0 Å². The van der Waals surface area contributed by atoms with Gasteiger partial charge in [-0.05, 0) is 74.5 Å². The molecule has 0 aromatic rings. The van der Waals surface area contributed by atoms with Gasteiger partial charge in [-0.25, -0.2) is 17.6 Å². The summed E-state index contributed by atoms with van der Waals surface area (Å²) in [7, 11) is 0. The molecular weight excluding hydrogens is 364 g/mol. The van der Waals surface area contributed by atoms with Crippen LogP contribution in [0, 0.1) is 29.6 Å². The van der Waals surface area contributed by atoms with Gasteiger partial charge in [0.15, 0.2) is 6.17 Å². The van der Waals surface area contributed by atoms with Crippen molar-refractivity contribution in [3.63, 3.8) is 0 Å². The summed E-state index contributed by atoms with van der Waals surface area (Å²) in [6.07, 6.45) is 0.658. The fraction of sp³-hybridized carbons (Fsp3) is 1.00. The van der Waals surface area contributed by atoms with E-state index in [0.29, 0.717) is 18.3 Å². The third-order valence-electron chi connectivity index (χ3n) is 6.94. The van der Waals surface area contributed by atoms with E-state index in [4.69, 9.17) is 0 Å². The third kappa shape index (κ3) is 6.57. The van der Waals surface area contributed by atoms with E-state index >= 15 is 0 Å². The van der Waals surface area contributed by atoms with Crippen LogP contribution in [0.3, 0.4) is 0 Å². The van der Waals surface area contributed by atoms with Gasteiger partial charge in [0.25, 0.3) is 0 Å². The molecule has 6 N–H and O–H groups in total. The minimum Gasteiger partial charge on any atom is -0.412 e. The second-order valence-corrected chi connectivity index (χ2v) is 8.48. The number of rotatable bonds is 2. The Morgan fingerprint density at radius 2 is 1.00 bits per heavy atom. The van der Waals surface area contributed by atoms with Gasteiger partial charge in [0.1, 0.15) is 18.5 Å². The molecule has 0 aromatic carbocycles. The van der Waals surface area contributed by atoms with Crippen molar-refractivity contribution >= 4 is 0 Å². The first kappa shape index (κ1) is 28.8. The quantitative estimate of drug-likeness (QED) is 0.618. The van der Waals surface area contributed by atoms with Crippen LogP contribution in [0.15, 0.2) is 0 Å². The number of alkyl halides is 4. The maximum atomic E-state index is 14.7. The molecule has 3 nitrogen and oxygen atoms in total. The molecule has 0 amide bonds. The van der Waals surface area contributed by atoms with Crippen molar-refractivity contribution in [1.29, 1.82) is 0 Å². The van der Waals surface area contributed by atoms with E-state index < -0.39 is 24.7 Å². The van der Waals surface area contributed by atoms with Gasteiger partial charge in [0.2, 0.25) is 0 Å². The topological polar surface area (TPSA) is 94.5 Å². The van der Waals surface area contributed by atoms with E-state index in [1.807, 2.05) is 0 Å². The lowest BCUT2D eigenvalue weighted by Crippen LogP contribution is -2.43. The van der Waals surface area contributed by atoms with Gasteiger partial charge >= 0.3 is 0 Å². The summed E-state index contributed by atoms with van der Waals surface area (Å²) in [5.41, 5.74) is 0. The number of hydrogen-bond donors (Lipinski definition) is 0. The normalized spacial score (nSPS) is 44.6. The van der Waals surface area contributed by atoms with Crippen molar-refractivity contribution in [3.8, 4) is 0 Å². The first-order valence-electron chi connectivity index (χ1n) is 9.52. The van der Waals surface area contributed by atoms with Crippen LogP contribution in [0.4, 0.5) is 17.6 Å². The molecule has 5 unspecified atom stereocenters. The molecule has 3 aliphatic rings. The van der Waals surface area contributed by atoms with Crippen molar-refractivity contribution in [2.24, 2.45) is 29.6 Å². The van der Waals surface area contributed by atoms with E-state index in [9.17, 15) is 17.6 Å². The first-order chi connectivity index (χ1) is 11.0. The minimum atomic E-state index is -2.01. The first-order valence-corrected chi connectivity index (χ1v) is 9.52. The van der Waals surface area contributed by atoms with Crippen LogP contribution in [0.1, 0.15) is 72.1 Å². The highest BCUT2D eigenvalue weighted by Gasteiger charge is 2.45. The summed E-state index contributed by atoms with van der Waals surface area (Å²) in [6.45, 7) is 2.28. The van der Waals surface area contributed by atoms with E-state index in [2.05, 4.69) is 6.92 Å². The van der Waals surface area contributed by atoms with Crippen molar-refractivity contribution in [3.05, 3.63) is 0 Å². The zero-order chi connectivity index (χ0) is 16.6. The van der Waals surface area contributed by atoms with E-state index in [1.165, 1.54) is 25.7 Å². The summed E-state index contributed by atoms with van der Waals surface area (Å²) in [6, 6.07) is 0. The summed E-state index contributed by atoms with van der Waals surface area (Å²) < 4.78 is 55.3. The zero-order valence-electron chi connectivity index (χ0n) is 15.6. The lowest BCUT2D eigenvalue weighted by atomic mass is 9.64. The third-order valence-corrected chi connectivity index (χ3v) is 6.94. The highest BCUT2D eigenvalue weighted by Crippen LogP contribution is 2.47. The summed E-state index contributed by atoms with van der Waals surface area (Å²) in [5, 5.41) is 0. The minimum absolute atomic E-state index is 0. The van der Waals surface area contributed by atoms with Crippen molar-refractivity contribution < 1.29 is 34.0 Å².